The van der Waals surface area contributed by atoms with Crippen molar-refractivity contribution in [3.05, 3.63) is 53.3 Å². The summed E-state index contributed by atoms with van der Waals surface area (Å²) in [6.45, 7) is 8.04. The summed E-state index contributed by atoms with van der Waals surface area (Å²) >= 11 is 6.89. The maximum absolute atomic E-state index is 16.9. The van der Waals surface area contributed by atoms with Gasteiger partial charge in [-0.2, -0.15) is 4.98 Å². The number of hydrogen-bond acceptors (Lipinski definition) is 8. The van der Waals surface area contributed by atoms with Crippen LogP contribution in [-0.2, 0) is 4.74 Å². The molecule has 0 spiro atoms. The number of halogens is 2. The second kappa shape index (κ2) is 10.3. The summed E-state index contributed by atoms with van der Waals surface area (Å²) < 4.78 is 22.5. The number of nitrogens with zero attached hydrogens (tertiary/aromatic N) is 6. The van der Waals surface area contributed by atoms with Gasteiger partial charge in [0.2, 0.25) is 5.95 Å². The number of benzene rings is 3. The molecule has 1 aromatic heterocycles. The van der Waals surface area contributed by atoms with Crippen molar-refractivity contribution >= 4 is 51.1 Å². The van der Waals surface area contributed by atoms with Gasteiger partial charge >= 0.3 is 6.09 Å². The Balaban J connectivity index is 1.34. The maximum atomic E-state index is 16.9. The zero-order chi connectivity index (χ0) is 31.1. The monoisotopic (exact) mass is 618 g/mol. The normalized spacial score (nSPS) is 20.3. The molecular formula is C33H36ClFN6O3. The molecule has 2 saturated heterocycles. The fourth-order valence-corrected chi connectivity index (χ4v) is 6.71. The van der Waals surface area contributed by atoms with Gasteiger partial charge in [-0.3, -0.25) is 0 Å². The summed E-state index contributed by atoms with van der Waals surface area (Å²) in [7, 11) is 4.08. The summed E-state index contributed by atoms with van der Waals surface area (Å²) in [6.07, 6.45) is 0.459. The average molecular weight is 619 g/mol. The van der Waals surface area contributed by atoms with E-state index >= 15 is 4.39 Å². The molecule has 1 aliphatic carbocycles. The highest BCUT2D eigenvalue weighted by atomic mass is 35.5. The van der Waals surface area contributed by atoms with E-state index in [1.54, 1.807) is 23.1 Å². The van der Waals surface area contributed by atoms with Crippen LogP contribution in [0.15, 0.2) is 42.5 Å². The maximum Gasteiger partial charge on any atom is 0.410 e. The Labute approximate surface area is 260 Å². The second-order valence-corrected chi connectivity index (χ2v) is 13.7. The molecule has 1 amide bonds. The van der Waals surface area contributed by atoms with Gasteiger partial charge in [-0.05, 0) is 75.8 Å². The van der Waals surface area contributed by atoms with Crippen molar-refractivity contribution in [1.29, 1.82) is 0 Å². The quantitative estimate of drug-likeness (QED) is 0.303. The molecule has 7 rings (SSSR count). The molecule has 1 N–H and O–H groups in total. The van der Waals surface area contributed by atoms with Gasteiger partial charge in [-0.25, -0.2) is 14.2 Å². The lowest BCUT2D eigenvalue weighted by Crippen LogP contribution is -2.58. The van der Waals surface area contributed by atoms with E-state index in [1.807, 2.05) is 59.1 Å². The fraction of sp³-hybridized carbons (Fsp3) is 0.424. The van der Waals surface area contributed by atoms with E-state index in [2.05, 4.69) is 14.7 Å². The molecule has 9 nitrogen and oxygen atoms in total. The van der Waals surface area contributed by atoms with Gasteiger partial charge in [0, 0.05) is 43.2 Å². The first-order chi connectivity index (χ1) is 20.9. The third-order valence-electron chi connectivity index (χ3n) is 8.85. The Hall–Kier alpha value is -3.89. The first-order valence-corrected chi connectivity index (χ1v) is 15.4. The van der Waals surface area contributed by atoms with Gasteiger partial charge in [-0.15, -0.1) is 0 Å². The van der Waals surface area contributed by atoms with Gasteiger partial charge in [0.15, 0.2) is 5.82 Å². The summed E-state index contributed by atoms with van der Waals surface area (Å²) in [4.78, 5) is 30.9. The number of aromatic hydroxyl groups is 1. The summed E-state index contributed by atoms with van der Waals surface area (Å²) in [6, 6.07) is 12.8. The van der Waals surface area contributed by atoms with E-state index in [1.165, 1.54) is 0 Å². The molecule has 3 aliphatic rings. The van der Waals surface area contributed by atoms with Gasteiger partial charge < -0.3 is 29.4 Å². The number of carbonyl (C=O) groups excluding carboxylic acids is 1. The largest absolute Gasteiger partial charge is 0.508 e. The van der Waals surface area contributed by atoms with Gasteiger partial charge in [0.1, 0.15) is 22.7 Å². The number of phenols is 1. The summed E-state index contributed by atoms with van der Waals surface area (Å²) in [5.74, 6) is 0.543. The molecule has 11 heteroatoms. The molecule has 0 radical (unpaired) electrons. The van der Waals surface area contributed by atoms with Crippen LogP contribution in [0, 0.1) is 5.82 Å². The first-order valence-electron chi connectivity index (χ1n) is 15.0. The van der Waals surface area contributed by atoms with Crippen LogP contribution in [0.2, 0.25) is 5.02 Å². The predicted molar refractivity (Wildman–Crippen MR) is 171 cm³/mol. The Morgan fingerprint density at radius 2 is 1.82 bits per heavy atom. The van der Waals surface area contributed by atoms with Crippen molar-refractivity contribution in [1.82, 2.24) is 19.8 Å². The lowest BCUT2D eigenvalue weighted by Gasteiger charge is -2.43. The van der Waals surface area contributed by atoms with Crippen molar-refractivity contribution in [3.63, 3.8) is 0 Å². The van der Waals surface area contributed by atoms with Crippen molar-refractivity contribution in [2.24, 2.45) is 0 Å². The minimum absolute atomic E-state index is 0.00699. The number of aromatic nitrogens is 2. The molecule has 4 aromatic rings. The molecule has 0 bridgehead atoms. The van der Waals surface area contributed by atoms with Crippen molar-refractivity contribution in [3.8, 4) is 16.9 Å². The molecule has 3 fully saturated rings. The Morgan fingerprint density at radius 3 is 2.55 bits per heavy atom. The van der Waals surface area contributed by atoms with E-state index in [4.69, 9.17) is 26.3 Å². The molecule has 1 saturated carbocycles. The predicted octanol–water partition coefficient (Wildman–Crippen LogP) is 5.90. The van der Waals surface area contributed by atoms with Crippen LogP contribution >= 0.6 is 11.6 Å². The SMILES string of the molecule is CN(C)C1CN(c2nc(N3CCN(C(=O)OC(C)(C)C)C4CC43)c3cc(Cl)c(-c4cc(O)cc5ccccc45)c(F)c3n2)C1. The Kier molecular flexibility index (Phi) is 6.78. The smallest absolute Gasteiger partial charge is 0.410 e. The summed E-state index contributed by atoms with van der Waals surface area (Å²) in [5.41, 5.74) is 0.286. The number of fused-ring (bicyclic) bond motifs is 3. The number of amides is 1. The number of piperazine rings is 1. The van der Waals surface area contributed by atoms with Crippen LogP contribution in [0.25, 0.3) is 32.8 Å². The number of carbonyl (C=O) groups is 1. The van der Waals surface area contributed by atoms with Gasteiger partial charge in [0.25, 0.3) is 0 Å². The summed E-state index contributed by atoms with van der Waals surface area (Å²) in [5, 5.41) is 12.8. The van der Waals surface area contributed by atoms with E-state index in [-0.39, 0.29) is 40.0 Å². The van der Waals surface area contributed by atoms with E-state index in [9.17, 15) is 9.90 Å². The lowest BCUT2D eigenvalue weighted by atomic mass is 9.96. The number of anilines is 2. The van der Waals surface area contributed by atoms with Crippen LogP contribution < -0.4 is 9.80 Å². The average Bonchev–Trinajstić information content (AvgIpc) is 3.71. The molecule has 2 unspecified atom stereocenters. The molecule has 230 valence electrons. The van der Waals surface area contributed by atoms with Crippen LogP contribution in [0.3, 0.4) is 0 Å². The van der Waals surface area contributed by atoms with Crippen LogP contribution in [0.4, 0.5) is 21.0 Å². The third-order valence-corrected chi connectivity index (χ3v) is 9.15. The molecule has 44 heavy (non-hydrogen) atoms. The van der Waals surface area contributed by atoms with Crippen LogP contribution in [-0.4, -0.2) is 95.0 Å². The topological polar surface area (TPSA) is 85.3 Å². The zero-order valence-corrected chi connectivity index (χ0v) is 26.3. The van der Waals surface area contributed by atoms with Crippen molar-refractivity contribution in [2.75, 3.05) is 50.1 Å². The minimum Gasteiger partial charge on any atom is -0.508 e. The van der Waals surface area contributed by atoms with Gasteiger partial charge in [0.05, 0.1) is 17.1 Å². The Morgan fingerprint density at radius 1 is 1.07 bits per heavy atom. The standard InChI is InChI=1S/C33H36ClFN6O3/c1-33(2,3)44-32(43)41-11-10-40(25-15-26(25)41)30-23-14-24(34)27(22-13-20(42)12-18-8-6-7-9-21(18)22)28(35)29(23)36-31(37-30)39-16-19(17-39)38(4)5/h6-9,12-14,19,25-26,42H,10-11,15-17H2,1-5H3. The van der Waals surface area contributed by atoms with E-state index < -0.39 is 11.4 Å². The number of rotatable bonds is 4. The van der Waals surface area contributed by atoms with E-state index in [0.717, 1.165) is 30.3 Å². The zero-order valence-electron chi connectivity index (χ0n) is 25.5. The van der Waals surface area contributed by atoms with Crippen LogP contribution in [0.1, 0.15) is 27.2 Å². The minimum atomic E-state index is -0.579. The number of likely N-dealkylation sites (N-methyl/N-ethyl adjacent to an activating group) is 1. The van der Waals surface area contributed by atoms with Crippen LogP contribution in [0.5, 0.6) is 5.75 Å². The fourth-order valence-electron chi connectivity index (χ4n) is 6.42. The molecule has 3 aromatic carbocycles. The molecule has 2 aliphatic heterocycles. The Bertz CT molecular complexity index is 1800. The number of hydrogen-bond donors (Lipinski definition) is 1. The number of ether oxygens (including phenoxy) is 1. The first kappa shape index (κ1) is 28.9. The van der Waals surface area contributed by atoms with Crippen molar-refractivity contribution < 1.29 is 19.0 Å². The molecular weight excluding hydrogens is 583 g/mol. The highest BCUT2D eigenvalue weighted by Crippen LogP contribution is 2.46. The van der Waals surface area contributed by atoms with Crippen molar-refractivity contribution in [2.45, 2.75) is 50.9 Å². The highest BCUT2D eigenvalue weighted by molar-refractivity contribution is 6.35. The lowest BCUT2D eigenvalue weighted by molar-refractivity contribution is 0.0218. The molecule has 2 atom stereocenters. The molecule has 3 heterocycles. The van der Waals surface area contributed by atoms with Gasteiger partial charge in [-0.1, -0.05) is 35.9 Å². The second-order valence-electron chi connectivity index (χ2n) is 13.3. The van der Waals surface area contributed by atoms with E-state index in [0.29, 0.717) is 41.8 Å². The number of phenolic OH excluding ortho intramolecular Hbond substituents is 1. The third kappa shape index (κ3) is 4.94. The highest BCUT2D eigenvalue weighted by Gasteiger charge is 2.52.